The summed E-state index contributed by atoms with van der Waals surface area (Å²) < 4.78 is 24.8. The molecule has 24 heavy (non-hydrogen) atoms. The van der Waals surface area contributed by atoms with E-state index in [1.807, 2.05) is 30.3 Å². The van der Waals surface area contributed by atoms with E-state index in [-0.39, 0.29) is 5.82 Å². The molecule has 0 saturated carbocycles. The van der Waals surface area contributed by atoms with Crippen LogP contribution in [0.1, 0.15) is 11.1 Å². The Morgan fingerprint density at radius 3 is 2.50 bits per heavy atom. The molecule has 2 aliphatic heterocycles. The van der Waals surface area contributed by atoms with Crippen LogP contribution in [0.2, 0.25) is 0 Å². The van der Waals surface area contributed by atoms with E-state index in [2.05, 4.69) is 11.0 Å². The molecule has 0 N–H and O–H groups in total. The first kappa shape index (κ1) is 15.4. The lowest BCUT2D eigenvalue weighted by atomic mass is 9.90. The molecule has 124 valence electrons. The molecule has 3 nitrogen and oxygen atoms in total. The summed E-state index contributed by atoms with van der Waals surface area (Å²) in [6.45, 7) is 4.84. The van der Waals surface area contributed by atoms with Gasteiger partial charge in [0.1, 0.15) is 18.2 Å². The number of nitrogens with zero attached hydrogens (tertiary/aromatic N) is 1. The van der Waals surface area contributed by atoms with Crippen molar-refractivity contribution in [3.05, 3.63) is 71.0 Å². The lowest BCUT2D eigenvalue weighted by molar-refractivity contribution is 0.0413. The Morgan fingerprint density at radius 1 is 0.958 bits per heavy atom. The average Bonchev–Trinajstić information content (AvgIpc) is 2.63. The Bertz CT molecular complexity index is 748. The molecule has 0 radical (unpaired) electrons. The molecule has 0 spiro atoms. The van der Waals surface area contributed by atoms with Gasteiger partial charge in [-0.15, -0.1) is 0 Å². The molecule has 0 bridgehead atoms. The van der Waals surface area contributed by atoms with Crippen LogP contribution in [-0.2, 0) is 4.74 Å². The van der Waals surface area contributed by atoms with Crippen molar-refractivity contribution in [2.24, 2.45) is 0 Å². The first-order valence-corrected chi connectivity index (χ1v) is 8.31. The molecule has 0 aliphatic carbocycles. The van der Waals surface area contributed by atoms with Crippen molar-refractivity contribution >= 4 is 5.57 Å². The van der Waals surface area contributed by atoms with Gasteiger partial charge in [0.25, 0.3) is 0 Å². The number of hydrogen-bond acceptors (Lipinski definition) is 3. The van der Waals surface area contributed by atoms with Crippen LogP contribution in [0, 0.1) is 5.82 Å². The van der Waals surface area contributed by atoms with Gasteiger partial charge in [0.2, 0.25) is 0 Å². The van der Waals surface area contributed by atoms with Gasteiger partial charge in [0, 0.05) is 25.2 Å². The summed E-state index contributed by atoms with van der Waals surface area (Å²) in [7, 11) is 0. The van der Waals surface area contributed by atoms with Crippen LogP contribution in [-0.4, -0.2) is 44.4 Å². The van der Waals surface area contributed by atoms with Crippen LogP contribution in [0.15, 0.2) is 54.1 Å². The van der Waals surface area contributed by atoms with Gasteiger partial charge in [-0.3, -0.25) is 4.90 Å². The van der Waals surface area contributed by atoms with E-state index in [0.717, 1.165) is 49.7 Å². The van der Waals surface area contributed by atoms with E-state index in [9.17, 15) is 4.39 Å². The van der Waals surface area contributed by atoms with Crippen LogP contribution < -0.4 is 4.74 Å². The molecule has 1 fully saturated rings. The molecule has 4 heteroatoms. The summed E-state index contributed by atoms with van der Waals surface area (Å²) >= 11 is 0. The SMILES string of the molecule is Fc1ccc(C2=C(CN3CCOCC3)COc3ccccc32)cc1. The topological polar surface area (TPSA) is 21.7 Å². The number of para-hydroxylation sites is 1. The highest BCUT2D eigenvalue weighted by molar-refractivity contribution is 5.86. The minimum Gasteiger partial charge on any atom is -0.489 e. The Balaban J connectivity index is 1.76. The third-order valence-corrected chi connectivity index (χ3v) is 4.56. The Labute approximate surface area is 141 Å². The predicted octanol–water partition coefficient (Wildman–Crippen LogP) is 3.35. The monoisotopic (exact) mass is 325 g/mol. The molecular formula is C20H20FNO2. The molecule has 0 atom stereocenters. The summed E-state index contributed by atoms with van der Waals surface area (Å²) in [5.41, 5.74) is 4.53. The maximum Gasteiger partial charge on any atom is 0.127 e. The van der Waals surface area contributed by atoms with E-state index in [0.29, 0.717) is 6.61 Å². The van der Waals surface area contributed by atoms with Crippen LogP contribution in [0.25, 0.3) is 5.57 Å². The lowest BCUT2D eigenvalue weighted by Crippen LogP contribution is -2.38. The number of ether oxygens (including phenoxy) is 2. The second-order valence-electron chi connectivity index (χ2n) is 6.16. The zero-order chi connectivity index (χ0) is 16.4. The summed E-state index contributed by atoms with van der Waals surface area (Å²) in [5.74, 6) is 0.678. The Hall–Kier alpha value is -2.17. The second kappa shape index (κ2) is 6.75. The smallest absolute Gasteiger partial charge is 0.127 e. The third kappa shape index (κ3) is 3.07. The minimum atomic E-state index is -0.213. The first-order valence-electron chi connectivity index (χ1n) is 8.31. The summed E-state index contributed by atoms with van der Waals surface area (Å²) in [4.78, 5) is 2.39. The number of fused-ring (bicyclic) bond motifs is 1. The van der Waals surface area contributed by atoms with Gasteiger partial charge in [-0.05, 0) is 34.9 Å². The zero-order valence-corrected chi connectivity index (χ0v) is 13.5. The van der Waals surface area contributed by atoms with E-state index in [1.165, 1.54) is 23.3 Å². The normalized spacial score (nSPS) is 18.2. The number of benzene rings is 2. The van der Waals surface area contributed by atoms with Crippen molar-refractivity contribution in [3.8, 4) is 5.75 Å². The fraction of sp³-hybridized carbons (Fsp3) is 0.300. The lowest BCUT2D eigenvalue weighted by Gasteiger charge is -2.31. The van der Waals surface area contributed by atoms with Gasteiger partial charge in [0.05, 0.1) is 13.2 Å². The average molecular weight is 325 g/mol. The Morgan fingerprint density at radius 2 is 1.71 bits per heavy atom. The highest BCUT2D eigenvalue weighted by Gasteiger charge is 2.23. The van der Waals surface area contributed by atoms with Crippen molar-refractivity contribution < 1.29 is 13.9 Å². The van der Waals surface area contributed by atoms with E-state index in [4.69, 9.17) is 9.47 Å². The van der Waals surface area contributed by atoms with E-state index >= 15 is 0 Å². The van der Waals surface area contributed by atoms with Gasteiger partial charge >= 0.3 is 0 Å². The van der Waals surface area contributed by atoms with Gasteiger partial charge < -0.3 is 9.47 Å². The fourth-order valence-corrected chi connectivity index (χ4v) is 3.36. The van der Waals surface area contributed by atoms with Crippen LogP contribution in [0.3, 0.4) is 0 Å². The third-order valence-electron chi connectivity index (χ3n) is 4.56. The van der Waals surface area contributed by atoms with Gasteiger partial charge in [-0.1, -0.05) is 30.3 Å². The van der Waals surface area contributed by atoms with Crippen LogP contribution in [0.5, 0.6) is 5.75 Å². The highest BCUT2D eigenvalue weighted by Crippen LogP contribution is 2.37. The molecule has 0 amide bonds. The summed E-state index contributed by atoms with van der Waals surface area (Å²) in [6.07, 6.45) is 0. The maximum atomic E-state index is 13.4. The molecule has 2 aliphatic rings. The molecule has 2 aromatic carbocycles. The van der Waals surface area contributed by atoms with Crippen molar-refractivity contribution in [1.29, 1.82) is 0 Å². The second-order valence-corrected chi connectivity index (χ2v) is 6.16. The quantitative estimate of drug-likeness (QED) is 0.864. The van der Waals surface area contributed by atoms with Gasteiger partial charge in [-0.25, -0.2) is 4.39 Å². The summed E-state index contributed by atoms with van der Waals surface area (Å²) in [5, 5.41) is 0. The number of morpholine rings is 1. The zero-order valence-electron chi connectivity index (χ0n) is 13.5. The number of rotatable bonds is 3. The molecule has 1 saturated heterocycles. The first-order chi connectivity index (χ1) is 11.8. The fourth-order valence-electron chi connectivity index (χ4n) is 3.36. The molecule has 4 rings (SSSR count). The van der Waals surface area contributed by atoms with Crippen molar-refractivity contribution in [1.82, 2.24) is 4.90 Å². The van der Waals surface area contributed by atoms with E-state index < -0.39 is 0 Å². The summed E-state index contributed by atoms with van der Waals surface area (Å²) in [6, 6.07) is 14.8. The number of hydrogen-bond donors (Lipinski definition) is 0. The van der Waals surface area contributed by atoms with Gasteiger partial charge in [-0.2, -0.15) is 0 Å². The van der Waals surface area contributed by atoms with E-state index in [1.54, 1.807) is 0 Å². The van der Waals surface area contributed by atoms with Crippen molar-refractivity contribution in [2.45, 2.75) is 0 Å². The van der Waals surface area contributed by atoms with Crippen molar-refractivity contribution in [3.63, 3.8) is 0 Å². The predicted molar refractivity (Wildman–Crippen MR) is 91.6 cm³/mol. The molecule has 0 unspecified atom stereocenters. The van der Waals surface area contributed by atoms with Gasteiger partial charge in [0.15, 0.2) is 0 Å². The van der Waals surface area contributed by atoms with Crippen LogP contribution in [0.4, 0.5) is 4.39 Å². The highest BCUT2D eigenvalue weighted by atomic mass is 19.1. The molecule has 0 aromatic heterocycles. The maximum absolute atomic E-state index is 13.4. The molecular weight excluding hydrogens is 305 g/mol. The van der Waals surface area contributed by atoms with Crippen LogP contribution >= 0.6 is 0 Å². The van der Waals surface area contributed by atoms with Crippen molar-refractivity contribution in [2.75, 3.05) is 39.5 Å². The Kier molecular flexibility index (Phi) is 4.32. The standard InChI is InChI=1S/C20H20FNO2/c21-17-7-5-15(6-8-17)20-16(13-22-9-11-23-12-10-22)14-24-19-4-2-1-3-18(19)20/h1-8H,9-14H2. The molecule has 2 heterocycles. The largest absolute Gasteiger partial charge is 0.489 e. The molecule has 2 aromatic rings. The minimum absolute atomic E-state index is 0.213. The number of halogens is 1.